The number of carbonyl (C=O) groups is 1. The Morgan fingerprint density at radius 3 is 2.75 bits per heavy atom. The highest BCUT2D eigenvalue weighted by Gasteiger charge is 2.61. The summed E-state index contributed by atoms with van der Waals surface area (Å²) in [4.78, 5) is 16.6. The van der Waals surface area contributed by atoms with Gasteiger partial charge < -0.3 is 15.0 Å². The van der Waals surface area contributed by atoms with Crippen LogP contribution in [-0.2, 0) is 14.6 Å². The number of sulfone groups is 1. The number of nitrogens with one attached hydrogen (secondary N) is 1. The van der Waals surface area contributed by atoms with Crippen molar-refractivity contribution in [1.82, 2.24) is 19.9 Å². The van der Waals surface area contributed by atoms with E-state index < -0.39 is 15.4 Å². The summed E-state index contributed by atoms with van der Waals surface area (Å²) >= 11 is 6.28. The van der Waals surface area contributed by atoms with E-state index in [1.54, 1.807) is 30.6 Å². The molecular weight excluding hydrogens is 454 g/mol. The molecule has 2 aromatic rings. The van der Waals surface area contributed by atoms with E-state index in [0.29, 0.717) is 22.3 Å². The highest BCUT2D eigenvalue weighted by Crippen LogP contribution is 2.52. The molecule has 2 aliphatic rings. The first-order valence-electron chi connectivity index (χ1n) is 10.6. The van der Waals surface area contributed by atoms with Crippen LogP contribution in [-0.4, -0.2) is 70.6 Å². The van der Waals surface area contributed by atoms with E-state index in [-0.39, 0.29) is 30.5 Å². The average molecular weight is 482 g/mol. The molecule has 1 aliphatic carbocycles. The van der Waals surface area contributed by atoms with Crippen LogP contribution in [0, 0.1) is 5.92 Å². The van der Waals surface area contributed by atoms with Gasteiger partial charge in [0.2, 0.25) is 0 Å². The highest BCUT2D eigenvalue weighted by molar-refractivity contribution is 7.90. The van der Waals surface area contributed by atoms with Gasteiger partial charge in [-0.2, -0.15) is 15.0 Å². The molecule has 1 N–H and O–H groups in total. The van der Waals surface area contributed by atoms with E-state index >= 15 is 0 Å². The summed E-state index contributed by atoms with van der Waals surface area (Å²) in [6, 6.07) is 5.11. The molecule has 2 fully saturated rings. The van der Waals surface area contributed by atoms with E-state index in [2.05, 4.69) is 22.4 Å². The van der Waals surface area contributed by atoms with Gasteiger partial charge in [-0.05, 0) is 50.3 Å². The molecule has 0 spiro atoms. The molecule has 9 nitrogen and oxygen atoms in total. The number of rotatable bonds is 7. The number of anilines is 1. The van der Waals surface area contributed by atoms with E-state index in [4.69, 9.17) is 16.3 Å². The fraction of sp³-hybridized carbons (Fsp3) is 0.571. The number of urea groups is 1. The number of piperidine rings is 1. The summed E-state index contributed by atoms with van der Waals surface area (Å²) in [5, 5.41) is 11.7. The molecule has 2 bridgehead atoms. The summed E-state index contributed by atoms with van der Waals surface area (Å²) in [6.45, 7) is 4.23. The maximum atomic E-state index is 13.3. The van der Waals surface area contributed by atoms with Crippen molar-refractivity contribution in [3.05, 3.63) is 35.6 Å². The number of ether oxygens (including phenoxy) is 1. The van der Waals surface area contributed by atoms with Gasteiger partial charge in [0, 0.05) is 18.0 Å². The fourth-order valence-corrected chi connectivity index (χ4v) is 5.66. The zero-order valence-corrected chi connectivity index (χ0v) is 19.9. The Morgan fingerprint density at radius 2 is 2.06 bits per heavy atom. The predicted molar refractivity (Wildman–Crippen MR) is 122 cm³/mol. The molecule has 4 atom stereocenters. The van der Waals surface area contributed by atoms with Gasteiger partial charge in [-0.15, -0.1) is 0 Å². The molecular formula is C21H28ClN5O4S. The standard InChI is InChI=1S/C21H28ClN5O4S/c1-14-10-17-13-21(12-14,15(2)31-8-9-32(3,29)30)26(17)20(28)25-16-4-5-18(22)19(11-16)27-23-6-7-24-27/h4-7,11,14-15,17H,8-10,12-13H2,1-3H3,(H,25,28)/t14-,15?,17-,21+/m0/s1. The zero-order valence-electron chi connectivity index (χ0n) is 18.4. The second-order valence-corrected chi connectivity index (χ2v) is 11.6. The minimum atomic E-state index is -3.11. The first kappa shape index (κ1) is 23.0. The predicted octanol–water partition coefficient (Wildman–Crippen LogP) is 3.15. The van der Waals surface area contributed by atoms with Crippen LogP contribution in [0.3, 0.4) is 0 Å². The largest absolute Gasteiger partial charge is 0.375 e. The van der Waals surface area contributed by atoms with Crippen LogP contribution in [0.5, 0.6) is 0 Å². The summed E-state index contributed by atoms with van der Waals surface area (Å²) in [7, 11) is -3.11. The number of hydrogen-bond acceptors (Lipinski definition) is 6. The average Bonchev–Trinajstić information content (AvgIpc) is 3.22. The van der Waals surface area contributed by atoms with Crippen LogP contribution in [0.15, 0.2) is 30.6 Å². The lowest BCUT2D eigenvalue weighted by atomic mass is 9.62. The van der Waals surface area contributed by atoms with Gasteiger partial charge in [0.25, 0.3) is 0 Å². The quantitative estimate of drug-likeness (QED) is 0.651. The van der Waals surface area contributed by atoms with Gasteiger partial charge in [0.05, 0.1) is 41.4 Å². The topological polar surface area (TPSA) is 106 Å². The molecule has 1 aromatic heterocycles. The smallest absolute Gasteiger partial charge is 0.322 e. The molecule has 1 aliphatic heterocycles. The van der Waals surface area contributed by atoms with Crippen molar-refractivity contribution < 1.29 is 17.9 Å². The number of carbonyl (C=O) groups excluding carboxylic acids is 1. The van der Waals surface area contributed by atoms with Crippen molar-refractivity contribution in [2.45, 2.75) is 50.8 Å². The lowest BCUT2D eigenvalue weighted by Gasteiger charge is -2.65. The van der Waals surface area contributed by atoms with E-state index in [1.807, 2.05) is 11.8 Å². The van der Waals surface area contributed by atoms with Gasteiger partial charge >= 0.3 is 6.03 Å². The molecule has 2 heterocycles. The molecule has 11 heteroatoms. The third kappa shape index (κ3) is 4.49. The molecule has 1 aromatic carbocycles. The van der Waals surface area contributed by atoms with Gasteiger partial charge in [-0.1, -0.05) is 18.5 Å². The monoisotopic (exact) mass is 481 g/mol. The van der Waals surface area contributed by atoms with Gasteiger partial charge in [-0.3, -0.25) is 0 Å². The van der Waals surface area contributed by atoms with Gasteiger partial charge in [0.15, 0.2) is 0 Å². The Kier molecular flexibility index (Phi) is 6.21. The first-order valence-corrected chi connectivity index (χ1v) is 13.1. The van der Waals surface area contributed by atoms with Crippen LogP contribution >= 0.6 is 11.6 Å². The Hall–Kier alpha value is -2.17. The molecule has 4 rings (SSSR count). The number of fused-ring (bicyclic) bond motifs is 2. The number of halogens is 1. The summed E-state index contributed by atoms with van der Waals surface area (Å²) in [6.07, 6.45) is 6.64. The van der Waals surface area contributed by atoms with Crippen molar-refractivity contribution in [1.29, 1.82) is 0 Å². The lowest BCUT2D eigenvalue weighted by molar-refractivity contribution is -0.162. The molecule has 32 heavy (non-hydrogen) atoms. The zero-order chi connectivity index (χ0) is 23.1. The number of amides is 2. The minimum absolute atomic E-state index is 0.0341. The van der Waals surface area contributed by atoms with Gasteiger partial charge in [-0.25, -0.2) is 13.2 Å². The normalized spacial score (nSPS) is 25.8. The van der Waals surface area contributed by atoms with Crippen LogP contribution in [0.1, 0.15) is 33.1 Å². The van der Waals surface area contributed by atoms with Crippen LogP contribution in [0.4, 0.5) is 10.5 Å². The molecule has 1 saturated carbocycles. The Labute approximate surface area is 193 Å². The summed E-state index contributed by atoms with van der Waals surface area (Å²) < 4.78 is 28.9. The Morgan fingerprint density at radius 1 is 1.34 bits per heavy atom. The highest BCUT2D eigenvalue weighted by atomic mass is 35.5. The van der Waals surface area contributed by atoms with Crippen molar-refractivity contribution in [2.75, 3.05) is 23.9 Å². The van der Waals surface area contributed by atoms with Crippen LogP contribution in [0.2, 0.25) is 5.02 Å². The maximum absolute atomic E-state index is 13.3. The fourth-order valence-electron chi connectivity index (χ4n) is 5.07. The number of hydrogen-bond donors (Lipinski definition) is 1. The molecule has 1 saturated heterocycles. The number of aromatic nitrogens is 3. The van der Waals surface area contributed by atoms with Crippen molar-refractivity contribution >= 4 is 33.2 Å². The number of nitrogens with zero attached hydrogens (tertiary/aromatic N) is 4. The molecule has 0 radical (unpaired) electrons. The summed E-state index contributed by atoms with van der Waals surface area (Å²) in [5.41, 5.74) is 0.715. The summed E-state index contributed by atoms with van der Waals surface area (Å²) in [5.74, 6) is 0.430. The molecule has 174 valence electrons. The molecule has 2 amide bonds. The van der Waals surface area contributed by atoms with E-state index in [9.17, 15) is 13.2 Å². The van der Waals surface area contributed by atoms with Crippen molar-refractivity contribution in [3.8, 4) is 5.69 Å². The van der Waals surface area contributed by atoms with E-state index in [1.165, 1.54) is 11.1 Å². The van der Waals surface area contributed by atoms with Crippen LogP contribution < -0.4 is 5.32 Å². The lowest BCUT2D eigenvalue weighted by Crippen LogP contribution is -2.76. The second-order valence-electron chi connectivity index (χ2n) is 8.93. The third-order valence-electron chi connectivity index (χ3n) is 6.44. The van der Waals surface area contributed by atoms with Crippen molar-refractivity contribution in [3.63, 3.8) is 0 Å². The Bertz CT molecular complexity index is 1090. The number of likely N-dealkylation sites (tertiary alicyclic amines) is 1. The SMILES string of the molecule is CC(OCCS(C)(=O)=O)[C@@]12C[C@@H](C)C[C@@H](C1)N2C(=O)Nc1ccc(Cl)c(-n2nccn2)c1. The minimum Gasteiger partial charge on any atom is -0.375 e. The second kappa shape index (κ2) is 8.64. The van der Waals surface area contributed by atoms with E-state index in [0.717, 1.165) is 19.3 Å². The molecule has 1 unspecified atom stereocenters. The van der Waals surface area contributed by atoms with Gasteiger partial charge in [0.1, 0.15) is 15.5 Å². The van der Waals surface area contributed by atoms with Crippen LogP contribution in [0.25, 0.3) is 5.69 Å². The third-order valence-corrected chi connectivity index (χ3v) is 7.67. The number of benzene rings is 1. The first-order chi connectivity index (χ1) is 15.1. The Balaban J connectivity index is 1.50. The maximum Gasteiger partial charge on any atom is 0.322 e. The van der Waals surface area contributed by atoms with Crippen molar-refractivity contribution in [2.24, 2.45) is 5.92 Å².